The van der Waals surface area contributed by atoms with E-state index in [0.29, 0.717) is 44.5 Å². The molecule has 5 rings (SSSR count). The minimum atomic E-state index is -0.520. The van der Waals surface area contributed by atoms with Crippen molar-refractivity contribution in [3.8, 4) is 11.3 Å². The third-order valence-electron chi connectivity index (χ3n) is 5.40. The highest BCUT2D eigenvalue weighted by molar-refractivity contribution is 6.13. The lowest BCUT2D eigenvalue weighted by molar-refractivity contribution is 0.102. The van der Waals surface area contributed by atoms with Crippen molar-refractivity contribution in [3.63, 3.8) is 0 Å². The first-order valence-corrected chi connectivity index (χ1v) is 10.2. The Morgan fingerprint density at radius 1 is 0.906 bits per heavy atom. The molecule has 0 unspecified atom stereocenters. The van der Waals surface area contributed by atoms with Gasteiger partial charge < -0.3 is 14.2 Å². The highest BCUT2D eigenvalue weighted by Gasteiger charge is 2.21. The Morgan fingerprint density at radius 2 is 1.66 bits per heavy atom. The average Bonchev–Trinajstić information content (AvgIpc) is 3.16. The van der Waals surface area contributed by atoms with Crippen LogP contribution in [-0.2, 0) is 6.42 Å². The maximum absolute atomic E-state index is 13.3. The van der Waals surface area contributed by atoms with Crippen molar-refractivity contribution >= 4 is 33.5 Å². The highest BCUT2D eigenvalue weighted by atomic mass is 19.1. The van der Waals surface area contributed by atoms with Gasteiger partial charge in [-0.05, 0) is 60.5 Å². The number of aryl methyl sites for hydroxylation is 1. The van der Waals surface area contributed by atoms with Gasteiger partial charge in [0.25, 0.3) is 5.91 Å². The van der Waals surface area contributed by atoms with Crippen LogP contribution in [0.15, 0.2) is 86.4 Å². The number of hydrogen-bond donors (Lipinski definition) is 1. The zero-order valence-corrected chi connectivity index (χ0v) is 17.1. The van der Waals surface area contributed by atoms with Gasteiger partial charge in [-0.2, -0.15) is 0 Å². The van der Waals surface area contributed by atoms with Gasteiger partial charge in [-0.15, -0.1) is 0 Å². The Hall–Kier alpha value is -4.19. The van der Waals surface area contributed by atoms with Crippen molar-refractivity contribution in [1.82, 2.24) is 0 Å². The summed E-state index contributed by atoms with van der Waals surface area (Å²) in [7, 11) is 0. The normalized spacial score (nSPS) is 11.2. The van der Waals surface area contributed by atoms with Gasteiger partial charge in [0, 0.05) is 28.0 Å². The second-order valence-electron chi connectivity index (χ2n) is 7.43. The number of furan rings is 1. The maximum Gasteiger partial charge on any atom is 0.336 e. The van der Waals surface area contributed by atoms with Crippen LogP contribution >= 0.6 is 0 Å². The molecule has 0 aliphatic rings. The summed E-state index contributed by atoms with van der Waals surface area (Å²) in [6.45, 7) is 2.04. The first-order valence-electron chi connectivity index (χ1n) is 10.2. The lowest BCUT2D eigenvalue weighted by Crippen LogP contribution is -2.12. The highest BCUT2D eigenvalue weighted by Crippen LogP contribution is 2.40. The van der Waals surface area contributed by atoms with Crippen LogP contribution in [0.1, 0.15) is 22.8 Å². The van der Waals surface area contributed by atoms with Crippen molar-refractivity contribution in [2.24, 2.45) is 0 Å². The summed E-state index contributed by atoms with van der Waals surface area (Å²) in [6, 6.07) is 19.5. The van der Waals surface area contributed by atoms with E-state index >= 15 is 0 Å². The van der Waals surface area contributed by atoms with Crippen molar-refractivity contribution in [3.05, 3.63) is 100 Å². The van der Waals surface area contributed by atoms with Crippen molar-refractivity contribution in [2.75, 3.05) is 5.32 Å². The second kappa shape index (κ2) is 7.81. The van der Waals surface area contributed by atoms with Crippen LogP contribution in [0.2, 0.25) is 0 Å². The number of halogens is 1. The molecule has 0 spiro atoms. The molecule has 0 aliphatic heterocycles. The predicted octanol–water partition coefficient (Wildman–Crippen LogP) is 6.16. The SMILES string of the molecule is CCc1ccc2oc(=O)cc(-c3oc4ccccc4c3NC(=O)c3ccc(F)cc3)c2c1. The third-order valence-corrected chi connectivity index (χ3v) is 5.40. The number of benzene rings is 3. The predicted molar refractivity (Wildman–Crippen MR) is 121 cm³/mol. The number of carbonyl (C=O) groups is 1. The zero-order chi connectivity index (χ0) is 22.2. The first-order chi connectivity index (χ1) is 15.5. The van der Waals surface area contributed by atoms with Crippen LogP contribution in [0.3, 0.4) is 0 Å². The fraction of sp³-hybridized carbons (Fsp3) is 0.0769. The summed E-state index contributed by atoms with van der Waals surface area (Å²) < 4.78 is 24.8. The van der Waals surface area contributed by atoms with E-state index < -0.39 is 17.3 Å². The average molecular weight is 427 g/mol. The Morgan fingerprint density at radius 3 is 2.44 bits per heavy atom. The van der Waals surface area contributed by atoms with Crippen LogP contribution in [0, 0.1) is 5.82 Å². The molecule has 0 saturated heterocycles. The molecule has 6 heteroatoms. The fourth-order valence-corrected chi connectivity index (χ4v) is 3.76. The van der Waals surface area contributed by atoms with Gasteiger partial charge >= 0.3 is 5.63 Å². The number of anilines is 1. The number of para-hydroxylation sites is 1. The molecule has 0 atom stereocenters. The van der Waals surface area contributed by atoms with E-state index in [4.69, 9.17) is 8.83 Å². The molecular formula is C26H18FNO4. The maximum atomic E-state index is 13.3. The molecule has 3 aromatic carbocycles. The molecule has 158 valence electrons. The molecule has 0 fully saturated rings. The summed E-state index contributed by atoms with van der Waals surface area (Å²) in [5, 5.41) is 4.29. The molecular weight excluding hydrogens is 409 g/mol. The molecule has 2 aromatic heterocycles. The summed E-state index contributed by atoms with van der Waals surface area (Å²) in [6.07, 6.45) is 0.808. The van der Waals surface area contributed by atoms with Crippen LogP contribution in [0.25, 0.3) is 33.3 Å². The summed E-state index contributed by atoms with van der Waals surface area (Å²) in [4.78, 5) is 25.2. The van der Waals surface area contributed by atoms with Crippen molar-refractivity contribution < 1.29 is 18.0 Å². The van der Waals surface area contributed by atoms with Crippen LogP contribution in [-0.4, -0.2) is 5.91 Å². The summed E-state index contributed by atoms with van der Waals surface area (Å²) in [5.41, 5.74) is 2.80. The van der Waals surface area contributed by atoms with E-state index in [2.05, 4.69) is 5.32 Å². The fourth-order valence-electron chi connectivity index (χ4n) is 3.76. The minimum Gasteiger partial charge on any atom is -0.454 e. The smallest absolute Gasteiger partial charge is 0.336 e. The monoisotopic (exact) mass is 427 g/mol. The number of nitrogens with one attached hydrogen (secondary N) is 1. The van der Waals surface area contributed by atoms with E-state index in [-0.39, 0.29) is 0 Å². The first kappa shape index (κ1) is 19.8. The molecule has 2 heterocycles. The number of hydrogen-bond acceptors (Lipinski definition) is 4. The standard InChI is InChI=1S/C26H18FNO4/c1-2-15-7-12-22-19(13-15)20(14-23(29)31-22)25-24(18-5-3-4-6-21(18)32-25)28-26(30)16-8-10-17(27)11-9-16/h3-14H,2H2,1H3,(H,28,30). The number of rotatable bonds is 4. The molecule has 0 aliphatic carbocycles. The van der Waals surface area contributed by atoms with E-state index in [1.165, 1.54) is 30.3 Å². The van der Waals surface area contributed by atoms with Gasteiger partial charge in [0.2, 0.25) is 0 Å². The van der Waals surface area contributed by atoms with Gasteiger partial charge in [-0.1, -0.05) is 25.1 Å². The molecule has 1 amide bonds. The number of amides is 1. The van der Waals surface area contributed by atoms with Gasteiger partial charge in [-0.25, -0.2) is 9.18 Å². The van der Waals surface area contributed by atoms with Crippen molar-refractivity contribution in [1.29, 1.82) is 0 Å². The molecule has 0 radical (unpaired) electrons. The quantitative estimate of drug-likeness (QED) is 0.349. The van der Waals surface area contributed by atoms with Crippen molar-refractivity contribution in [2.45, 2.75) is 13.3 Å². The third kappa shape index (κ3) is 3.46. The summed E-state index contributed by atoms with van der Waals surface area (Å²) >= 11 is 0. The molecule has 32 heavy (non-hydrogen) atoms. The Balaban J connectivity index is 1.73. The molecule has 5 aromatic rings. The van der Waals surface area contributed by atoms with Crippen LogP contribution in [0.5, 0.6) is 0 Å². The van der Waals surface area contributed by atoms with E-state index in [1.54, 1.807) is 12.1 Å². The lowest BCUT2D eigenvalue weighted by Gasteiger charge is -2.09. The molecule has 0 saturated carbocycles. The summed E-state index contributed by atoms with van der Waals surface area (Å²) in [5.74, 6) is -0.489. The van der Waals surface area contributed by atoms with E-state index in [1.807, 2.05) is 37.3 Å². The second-order valence-corrected chi connectivity index (χ2v) is 7.43. The Labute approximate surface area is 182 Å². The van der Waals surface area contributed by atoms with Gasteiger partial charge in [0.1, 0.15) is 17.0 Å². The Bertz CT molecular complexity index is 1530. The van der Waals surface area contributed by atoms with E-state index in [0.717, 1.165) is 12.0 Å². The van der Waals surface area contributed by atoms with Gasteiger partial charge in [0.05, 0.1) is 5.69 Å². The number of carbonyl (C=O) groups excluding carboxylic acids is 1. The molecule has 1 N–H and O–H groups in total. The van der Waals surface area contributed by atoms with Crippen LogP contribution in [0.4, 0.5) is 10.1 Å². The minimum absolute atomic E-state index is 0.299. The largest absolute Gasteiger partial charge is 0.454 e. The lowest BCUT2D eigenvalue weighted by atomic mass is 10.0. The Kier molecular flexibility index (Phi) is 4.82. The topological polar surface area (TPSA) is 72.5 Å². The van der Waals surface area contributed by atoms with Gasteiger partial charge in [-0.3, -0.25) is 4.79 Å². The van der Waals surface area contributed by atoms with Crippen LogP contribution < -0.4 is 10.9 Å². The van der Waals surface area contributed by atoms with E-state index in [9.17, 15) is 14.0 Å². The molecule has 0 bridgehead atoms. The number of fused-ring (bicyclic) bond motifs is 2. The van der Waals surface area contributed by atoms with Gasteiger partial charge in [0.15, 0.2) is 5.76 Å². The molecule has 5 nitrogen and oxygen atoms in total. The zero-order valence-electron chi connectivity index (χ0n) is 17.1.